The van der Waals surface area contributed by atoms with Crippen LogP contribution in [0.1, 0.15) is 43.1 Å². The zero-order chi connectivity index (χ0) is 18.9. The molecule has 0 radical (unpaired) electrons. The maximum Gasteiger partial charge on any atom is 0.234 e. The Morgan fingerprint density at radius 3 is 2.71 bits per heavy atom. The summed E-state index contributed by atoms with van der Waals surface area (Å²) in [7, 11) is 0. The lowest BCUT2D eigenvalue weighted by Crippen LogP contribution is -2.30. The van der Waals surface area contributed by atoms with Gasteiger partial charge < -0.3 is 4.74 Å². The Kier molecular flexibility index (Phi) is 4.70. The molecule has 144 valence electrons. The summed E-state index contributed by atoms with van der Waals surface area (Å²) in [6.45, 7) is 5.11. The molecule has 0 saturated carbocycles. The molecular formula is C21H23N5OS. The SMILES string of the molecule is CC(Oc1ccc2ccccc2c1)c1nn2c(CN3CCCCC3)nnc2s1. The molecule has 7 heteroatoms. The minimum absolute atomic E-state index is 0.143. The van der Waals surface area contributed by atoms with E-state index >= 15 is 0 Å². The average molecular weight is 394 g/mol. The van der Waals surface area contributed by atoms with Crippen LogP contribution in [0.4, 0.5) is 0 Å². The largest absolute Gasteiger partial charge is 0.483 e. The molecule has 6 nitrogen and oxygen atoms in total. The summed E-state index contributed by atoms with van der Waals surface area (Å²) < 4.78 is 8.06. The fourth-order valence-corrected chi connectivity index (χ4v) is 4.59. The lowest BCUT2D eigenvalue weighted by Gasteiger charge is -2.25. The first kappa shape index (κ1) is 17.6. The van der Waals surface area contributed by atoms with Crippen LogP contribution in [-0.4, -0.2) is 37.8 Å². The summed E-state index contributed by atoms with van der Waals surface area (Å²) in [6.07, 6.45) is 3.72. The van der Waals surface area contributed by atoms with Gasteiger partial charge in [0.25, 0.3) is 0 Å². The lowest BCUT2D eigenvalue weighted by molar-refractivity contribution is 0.213. The van der Waals surface area contributed by atoms with Crippen molar-refractivity contribution in [2.75, 3.05) is 13.1 Å². The van der Waals surface area contributed by atoms with E-state index in [-0.39, 0.29) is 6.10 Å². The van der Waals surface area contributed by atoms with E-state index in [0.29, 0.717) is 0 Å². The molecule has 2 aromatic carbocycles. The Bertz CT molecular complexity index is 1100. The molecule has 2 aromatic heterocycles. The van der Waals surface area contributed by atoms with Gasteiger partial charge >= 0.3 is 0 Å². The van der Waals surface area contributed by atoms with E-state index in [4.69, 9.17) is 9.84 Å². The Morgan fingerprint density at radius 2 is 1.86 bits per heavy atom. The molecular weight excluding hydrogens is 370 g/mol. The second-order valence-corrected chi connectivity index (χ2v) is 8.34. The number of likely N-dealkylation sites (tertiary alicyclic amines) is 1. The molecule has 0 bridgehead atoms. The number of benzene rings is 2. The number of hydrogen-bond donors (Lipinski definition) is 0. The second-order valence-electron chi connectivity index (χ2n) is 7.36. The fourth-order valence-electron chi connectivity index (χ4n) is 3.75. The van der Waals surface area contributed by atoms with E-state index in [0.717, 1.165) is 41.2 Å². The number of hydrogen-bond acceptors (Lipinski definition) is 6. The van der Waals surface area contributed by atoms with Crippen molar-refractivity contribution in [2.24, 2.45) is 0 Å². The van der Waals surface area contributed by atoms with Crippen molar-refractivity contribution in [1.82, 2.24) is 24.7 Å². The predicted octanol–water partition coefficient (Wildman–Crippen LogP) is 4.46. The zero-order valence-corrected chi connectivity index (χ0v) is 16.7. The highest BCUT2D eigenvalue weighted by atomic mass is 32.1. The van der Waals surface area contributed by atoms with Gasteiger partial charge in [-0.25, -0.2) is 0 Å². The van der Waals surface area contributed by atoms with Gasteiger partial charge in [-0.2, -0.15) is 9.61 Å². The van der Waals surface area contributed by atoms with E-state index in [2.05, 4.69) is 39.4 Å². The highest BCUT2D eigenvalue weighted by Gasteiger charge is 2.19. The monoisotopic (exact) mass is 393 g/mol. The first-order chi connectivity index (χ1) is 13.8. The number of nitrogens with zero attached hydrogens (tertiary/aromatic N) is 5. The molecule has 4 aromatic rings. The Balaban J connectivity index is 1.34. The number of aromatic nitrogens is 4. The van der Waals surface area contributed by atoms with Gasteiger partial charge in [0.1, 0.15) is 11.9 Å². The van der Waals surface area contributed by atoms with Crippen molar-refractivity contribution in [3.63, 3.8) is 0 Å². The van der Waals surface area contributed by atoms with Crippen molar-refractivity contribution in [2.45, 2.75) is 38.8 Å². The number of piperidine rings is 1. The minimum Gasteiger partial charge on any atom is -0.483 e. The smallest absolute Gasteiger partial charge is 0.234 e. The van der Waals surface area contributed by atoms with Crippen molar-refractivity contribution in [3.8, 4) is 5.75 Å². The maximum atomic E-state index is 6.17. The number of fused-ring (bicyclic) bond motifs is 2. The lowest BCUT2D eigenvalue weighted by atomic mass is 10.1. The predicted molar refractivity (Wildman–Crippen MR) is 111 cm³/mol. The molecule has 5 rings (SSSR count). The van der Waals surface area contributed by atoms with Crippen LogP contribution in [0.25, 0.3) is 15.7 Å². The summed E-state index contributed by atoms with van der Waals surface area (Å²) in [4.78, 5) is 3.27. The Morgan fingerprint density at radius 1 is 1.04 bits per heavy atom. The number of rotatable bonds is 5. The van der Waals surface area contributed by atoms with E-state index < -0.39 is 0 Å². The van der Waals surface area contributed by atoms with Crippen LogP contribution in [0.15, 0.2) is 42.5 Å². The average Bonchev–Trinajstić information content (AvgIpc) is 3.31. The molecule has 1 fully saturated rings. The van der Waals surface area contributed by atoms with Gasteiger partial charge in [0.05, 0.1) is 6.54 Å². The van der Waals surface area contributed by atoms with Crippen molar-refractivity contribution < 1.29 is 4.74 Å². The third-order valence-corrected chi connectivity index (χ3v) is 6.33. The molecule has 28 heavy (non-hydrogen) atoms. The third kappa shape index (κ3) is 3.47. The van der Waals surface area contributed by atoms with Crippen molar-refractivity contribution in [1.29, 1.82) is 0 Å². The van der Waals surface area contributed by atoms with E-state index in [1.54, 1.807) is 11.3 Å². The Hall–Kier alpha value is -2.51. The summed E-state index contributed by atoms with van der Waals surface area (Å²) in [5, 5.41) is 16.7. The van der Waals surface area contributed by atoms with Gasteiger partial charge in [-0.3, -0.25) is 4.90 Å². The summed E-state index contributed by atoms with van der Waals surface area (Å²) in [6, 6.07) is 14.5. The third-order valence-electron chi connectivity index (χ3n) is 5.27. The van der Waals surface area contributed by atoms with Crippen LogP contribution < -0.4 is 4.74 Å². The van der Waals surface area contributed by atoms with Crippen LogP contribution >= 0.6 is 11.3 Å². The van der Waals surface area contributed by atoms with E-state index in [1.165, 1.54) is 30.0 Å². The van der Waals surface area contributed by atoms with Gasteiger partial charge in [0.15, 0.2) is 10.8 Å². The maximum absolute atomic E-state index is 6.17. The molecule has 1 aliphatic rings. The Labute approximate surface area is 167 Å². The van der Waals surface area contributed by atoms with Gasteiger partial charge in [0, 0.05) is 0 Å². The van der Waals surface area contributed by atoms with Crippen molar-refractivity contribution in [3.05, 3.63) is 53.3 Å². The molecule has 1 saturated heterocycles. The van der Waals surface area contributed by atoms with Gasteiger partial charge in [-0.15, -0.1) is 10.2 Å². The second kappa shape index (κ2) is 7.48. The molecule has 3 heterocycles. The normalized spacial score (nSPS) is 16.6. The zero-order valence-electron chi connectivity index (χ0n) is 15.9. The van der Waals surface area contributed by atoms with Gasteiger partial charge in [-0.1, -0.05) is 48.1 Å². The van der Waals surface area contributed by atoms with E-state index in [1.807, 2.05) is 29.6 Å². The standard InChI is InChI=1S/C21H23N5OS/c1-15(27-18-10-9-16-7-3-4-8-17(16)13-18)20-24-26-19(22-23-21(26)28-20)14-25-11-5-2-6-12-25/h3-4,7-10,13,15H,2,5-6,11-12,14H2,1H3. The highest BCUT2D eigenvalue weighted by Crippen LogP contribution is 2.28. The molecule has 0 amide bonds. The molecule has 0 N–H and O–H groups in total. The van der Waals surface area contributed by atoms with Gasteiger partial charge in [0.2, 0.25) is 4.96 Å². The first-order valence-corrected chi connectivity index (χ1v) is 10.7. The van der Waals surface area contributed by atoms with Crippen LogP contribution in [0, 0.1) is 0 Å². The van der Waals surface area contributed by atoms with Crippen molar-refractivity contribution >= 4 is 27.1 Å². The molecule has 0 aliphatic carbocycles. The first-order valence-electron chi connectivity index (χ1n) is 9.85. The van der Waals surface area contributed by atoms with Crippen LogP contribution in [0.3, 0.4) is 0 Å². The van der Waals surface area contributed by atoms with Crippen LogP contribution in [-0.2, 0) is 6.54 Å². The van der Waals surface area contributed by atoms with Crippen LogP contribution in [0.2, 0.25) is 0 Å². The number of ether oxygens (including phenoxy) is 1. The summed E-state index contributed by atoms with van der Waals surface area (Å²) in [5.41, 5.74) is 0. The molecule has 1 atom stereocenters. The fraction of sp³-hybridized carbons (Fsp3) is 0.381. The quantitative estimate of drug-likeness (QED) is 0.501. The van der Waals surface area contributed by atoms with Gasteiger partial charge in [-0.05, 0) is 55.8 Å². The summed E-state index contributed by atoms with van der Waals surface area (Å²) >= 11 is 1.55. The molecule has 0 spiro atoms. The minimum atomic E-state index is -0.143. The van der Waals surface area contributed by atoms with Crippen LogP contribution in [0.5, 0.6) is 5.75 Å². The summed E-state index contributed by atoms with van der Waals surface area (Å²) in [5.74, 6) is 1.77. The molecule has 1 aliphatic heterocycles. The molecule has 1 unspecified atom stereocenters. The highest BCUT2D eigenvalue weighted by molar-refractivity contribution is 7.16. The topological polar surface area (TPSA) is 55.6 Å². The van der Waals surface area contributed by atoms with E-state index in [9.17, 15) is 0 Å².